The van der Waals surface area contributed by atoms with E-state index in [0.29, 0.717) is 22.4 Å². The molecule has 6 heteroatoms. The van der Waals surface area contributed by atoms with Crippen molar-refractivity contribution in [1.82, 2.24) is 9.36 Å². The van der Waals surface area contributed by atoms with Crippen molar-refractivity contribution in [2.24, 2.45) is 0 Å². The first-order valence-electron chi connectivity index (χ1n) is 5.17. The third-order valence-electron chi connectivity index (χ3n) is 2.18. The van der Waals surface area contributed by atoms with Gasteiger partial charge in [0, 0.05) is 24.0 Å². The van der Waals surface area contributed by atoms with Gasteiger partial charge in [-0.3, -0.25) is 0 Å². The van der Waals surface area contributed by atoms with Gasteiger partial charge in [-0.25, -0.2) is 0 Å². The summed E-state index contributed by atoms with van der Waals surface area (Å²) in [5.41, 5.74) is 6.35. The molecule has 2 N–H and O–H groups in total. The van der Waals surface area contributed by atoms with Crippen molar-refractivity contribution in [3.8, 4) is 16.7 Å². The third kappa shape index (κ3) is 2.65. The number of nitrogens with zero attached hydrogens (tertiary/aromatic N) is 2. The van der Waals surface area contributed by atoms with Gasteiger partial charge in [-0.15, -0.1) is 0 Å². The Morgan fingerprint density at radius 3 is 2.88 bits per heavy atom. The lowest BCUT2D eigenvalue weighted by atomic mass is 10.3. The Balaban J connectivity index is 2.22. The molecule has 0 atom stereocenters. The molecule has 0 aliphatic carbocycles. The lowest BCUT2D eigenvalue weighted by Gasteiger charge is -2.06. The van der Waals surface area contributed by atoms with E-state index in [1.807, 2.05) is 6.92 Å². The Bertz CT molecular complexity index is 513. The van der Waals surface area contributed by atoms with Crippen LogP contribution >= 0.6 is 11.5 Å². The zero-order valence-electron chi connectivity index (χ0n) is 9.64. The molecule has 5 nitrogen and oxygen atoms in total. The van der Waals surface area contributed by atoms with Gasteiger partial charge >= 0.3 is 0 Å². The fourth-order valence-corrected chi connectivity index (χ4v) is 1.87. The van der Waals surface area contributed by atoms with Crippen LogP contribution in [-0.4, -0.2) is 16.5 Å². The first-order chi connectivity index (χ1) is 8.22. The lowest BCUT2D eigenvalue weighted by molar-refractivity contribution is 0.409. The van der Waals surface area contributed by atoms with Gasteiger partial charge in [0.05, 0.1) is 12.8 Å². The fourth-order valence-electron chi connectivity index (χ4n) is 1.25. The van der Waals surface area contributed by atoms with Crippen LogP contribution in [-0.2, 0) is 6.42 Å². The number of aryl methyl sites for hydroxylation is 1. The van der Waals surface area contributed by atoms with Crippen LogP contribution in [0.15, 0.2) is 18.2 Å². The van der Waals surface area contributed by atoms with Gasteiger partial charge in [0.2, 0.25) is 0 Å². The minimum absolute atomic E-state index is 0.488. The Morgan fingerprint density at radius 2 is 2.24 bits per heavy atom. The van der Waals surface area contributed by atoms with Crippen LogP contribution < -0.4 is 15.2 Å². The van der Waals surface area contributed by atoms with Crippen LogP contribution in [0.25, 0.3) is 0 Å². The third-order valence-corrected chi connectivity index (χ3v) is 2.82. The molecule has 0 saturated carbocycles. The second kappa shape index (κ2) is 5.01. The highest BCUT2D eigenvalue weighted by Crippen LogP contribution is 2.31. The lowest BCUT2D eigenvalue weighted by Crippen LogP contribution is -1.93. The molecule has 0 amide bonds. The van der Waals surface area contributed by atoms with Crippen molar-refractivity contribution in [2.45, 2.75) is 13.3 Å². The summed E-state index contributed by atoms with van der Waals surface area (Å²) in [6.07, 6.45) is 0.785. The van der Waals surface area contributed by atoms with E-state index in [4.69, 9.17) is 15.2 Å². The van der Waals surface area contributed by atoms with Gasteiger partial charge in [-0.2, -0.15) is 9.36 Å². The number of aromatic nitrogens is 2. The molecule has 0 saturated heterocycles. The smallest absolute Gasteiger partial charge is 0.298 e. The Kier molecular flexibility index (Phi) is 3.43. The zero-order chi connectivity index (χ0) is 12.3. The van der Waals surface area contributed by atoms with Gasteiger partial charge in [-0.1, -0.05) is 6.92 Å². The Labute approximate surface area is 103 Å². The summed E-state index contributed by atoms with van der Waals surface area (Å²) >= 11 is 1.21. The summed E-state index contributed by atoms with van der Waals surface area (Å²) in [6, 6.07) is 5.23. The molecular formula is C11H13N3O2S. The summed E-state index contributed by atoms with van der Waals surface area (Å²) in [7, 11) is 1.59. The average molecular weight is 251 g/mol. The molecule has 2 aromatic rings. The standard InChI is InChI=1S/C11H13N3O2S/c1-3-10-13-11(17-14-10)16-9-6-7(15-2)4-5-8(9)12/h4-6H,3,12H2,1-2H3. The summed E-state index contributed by atoms with van der Waals surface area (Å²) in [5, 5.41) is 0.488. The summed E-state index contributed by atoms with van der Waals surface area (Å²) < 4.78 is 14.8. The van der Waals surface area contributed by atoms with E-state index >= 15 is 0 Å². The number of nitrogen functional groups attached to an aromatic ring is 1. The molecule has 0 spiro atoms. The number of methoxy groups -OCH3 is 1. The maximum Gasteiger partial charge on any atom is 0.298 e. The van der Waals surface area contributed by atoms with Crippen LogP contribution in [0.1, 0.15) is 12.7 Å². The minimum Gasteiger partial charge on any atom is -0.497 e. The molecule has 90 valence electrons. The molecule has 0 aliphatic heterocycles. The maximum atomic E-state index is 5.81. The van der Waals surface area contributed by atoms with Crippen LogP contribution in [0.4, 0.5) is 5.69 Å². The van der Waals surface area contributed by atoms with Crippen molar-refractivity contribution in [3.05, 3.63) is 24.0 Å². The fraction of sp³-hybridized carbons (Fsp3) is 0.273. The normalized spacial score (nSPS) is 10.2. The van der Waals surface area contributed by atoms with Crippen molar-refractivity contribution < 1.29 is 9.47 Å². The van der Waals surface area contributed by atoms with Crippen molar-refractivity contribution in [3.63, 3.8) is 0 Å². The molecule has 0 bridgehead atoms. The Hall–Kier alpha value is -1.82. The number of anilines is 1. The molecule has 0 radical (unpaired) electrons. The highest BCUT2D eigenvalue weighted by Gasteiger charge is 2.08. The zero-order valence-corrected chi connectivity index (χ0v) is 10.5. The van der Waals surface area contributed by atoms with E-state index in [2.05, 4.69) is 9.36 Å². The van der Waals surface area contributed by atoms with Crippen molar-refractivity contribution in [2.75, 3.05) is 12.8 Å². The summed E-state index contributed by atoms with van der Waals surface area (Å²) in [6.45, 7) is 1.99. The molecule has 17 heavy (non-hydrogen) atoms. The Morgan fingerprint density at radius 1 is 1.41 bits per heavy atom. The monoisotopic (exact) mass is 251 g/mol. The second-order valence-corrected chi connectivity index (χ2v) is 4.05. The highest BCUT2D eigenvalue weighted by atomic mass is 32.1. The van der Waals surface area contributed by atoms with Crippen molar-refractivity contribution in [1.29, 1.82) is 0 Å². The predicted molar refractivity (Wildman–Crippen MR) is 66.8 cm³/mol. The van der Waals surface area contributed by atoms with Gasteiger partial charge in [0.15, 0.2) is 5.75 Å². The largest absolute Gasteiger partial charge is 0.497 e. The van der Waals surface area contributed by atoms with Crippen LogP contribution in [0.5, 0.6) is 16.7 Å². The topological polar surface area (TPSA) is 70.3 Å². The van der Waals surface area contributed by atoms with E-state index in [1.165, 1.54) is 11.5 Å². The van der Waals surface area contributed by atoms with Gasteiger partial charge in [0.25, 0.3) is 5.19 Å². The van der Waals surface area contributed by atoms with Gasteiger partial charge in [-0.05, 0) is 12.1 Å². The molecule has 0 fully saturated rings. The number of nitrogens with two attached hydrogens (primary N) is 1. The first kappa shape index (κ1) is 11.7. The van der Waals surface area contributed by atoms with Gasteiger partial charge < -0.3 is 15.2 Å². The quantitative estimate of drug-likeness (QED) is 0.845. The summed E-state index contributed by atoms with van der Waals surface area (Å²) in [5.74, 6) is 1.99. The van der Waals surface area contributed by atoms with E-state index in [0.717, 1.165) is 12.2 Å². The highest BCUT2D eigenvalue weighted by molar-refractivity contribution is 7.07. The SMILES string of the molecule is CCc1nsc(Oc2cc(OC)ccc2N)n1. The molecule has 0 unspecified atom stereocenters. The minimum atomic E-state index is 0.488. The summed E-state index contributed by atoms with van der Waals surface area (Å²) in [4.78, 5) is 4.21. The first-order valence-corrected chi connectivity index (χ1v) is 5.94. The molecule has 1 aromatic heterocycles. The van der Waals surface area contributed by atoms with Crippen LogP contribution in [0.2, 0.25) is 0 Å². The van der Waals surface area contributed by atoms with Crippen LogP contribution in [0, 0.1) is 0 Å². The predicted octanol–water partition coefficient (Wildman–Crippen LogP) is 2.48. The maximum absolute atomic E-state index is 5.81. The molecule has 0 aliphatic rings. The number of ether oxygens (including phenoxy) is 2. The van der Waals surface area contributed by atoms with E-state index in [1.54, 1.807) is 25.3 Å². The van der Waals surface area contributed by atoms with Gasteiger partial charge in [0.1, 0.15) is 11.6 Å². The number of hydrogen-bond acceptors (Lipinski definition) is 6. The average Bonchev–Trinajstić information content (AvgIpc) is 2.80. The second-order valence-electron chi connectivity index (χ2n) is 3.34. The van der Waals surface area contributed by atoms with E-state index in [-0.39, 0.29) is 0 Å². The molecule has 1 aromatic carbocycles. The number of benzene rings is 1. The van der Waals surface area contributed by atoms with Crippen LogP contribution in [0.3, 0.4) is 0 Å². The van der Waals surface area contributed by atoms with Crippen molar-refractivity contribution >= 4 is 17.2 Å². The molecule has 2 rings (SSSR count). The molecular weight excluding hydrogens is 238 g/mol. The number of rotatable bonds is 4. The number of hydrogen-bond donors (Lipinski definition) is 1. The van der Waals surface area contributed by atoms with E-state index in [9.17, 15) is 0 Å². The van der Waals surface area contributed by atoms with E-state index < -0.39 is 0 Å². The molecule has 1 heterocycles.